The summed E-state index contributed by atoms with van der Waals surface area (Å²) < 4.78 is 6.84. The molecule has 0 aliphatic heterocycles. The predicted molar refractivity (Wildman–Crippen MR) is 76.3 cm³/mol. The smallest absolute Gasteiger partial charge is 0.404 e. The Balaban J connectivity index is 1.64. The lowest BCUT2D eigenvalue weighted by molar-refractivity contribution is -0.402. The number of hydrogen-bond donors (Lipinski definition) is 1. The molecule has 2 heterocycles. The van der Waals surface area contributed by atoms with Crippen molar-refractivity contribution in [3.63, 3.8) is 0 Å². The van der Waals surface area contributed by atoms with E-state index in [4.69, 9.17) is 4.42 Å². The van der Waals surface area contributed by atoms with Gasteiger partial charge in [-0.05, 0) is 36.4 Å². The summed E-state index contributed by atoms with van der Waals surface area (Å²) in [7, 11) is 0. The molecule has 106 valence electrons. The molecule has 7 nitrogen and oxygen atoms in total. The molecule has 0 saturated heterocycles. The molecule has 0 bridgehead atoms. The van der Waals surface area contributed by atoms with Gasteiger partial charge in [0.05, 0.1) is 18.3 Å². The molecule has 0 fully saturated rings. The standard InChI is InChI=1S/C14H12N4O3/c19-18(20)14-7-6-13(21-14)10-15-11-2-4-12(5-3-11)17-9-1-8-16-17/h1-9,15H,10H2. The van der Waals surface area contributed by atoms with Crippen LogP contribution >= 0.6 is 0 Å². The molecule has 0 amide bonds. The minimum absolute atomic E-state index is 0.249. The zero-order chi connectivity index (χ0) is 14.7. The Labute approximate surface area is 120 Å². The Hall–Kier alpha value is -3.09. The van der Waals surface area contributed by atoms with Gasteiger partial charge in [-0.2, -0.15) is 5.10 Å². The second kappa shape index (κ2) is 5.49. The molecule has 2 aromatic heterocycles. The number of benzene rings is 1. The van der Waals surface area contributed by atoms with E-state index >= 15 is 0 Å². The first-order chi connectivity index (χ1) is 10.2. The summed E-state index contributed by atoms with van der Waals surface area (Å²) >= 11 is 0. The van der Waals surface area contributed by atoms with Crippen molar-refractivity contribution in [2.45, 2.75) is 6.54 Å². The number of rotatable bonds is 5. The molecule has 0 aliphatic carbocycles. The van der Waals surface area contributed by atoms with Crippen LogP contribution in [0.1, 0.15) is 5.76 Å². The average Bonchev–Trinajstić information content (AvgIpc) is 3.17. The van der Waals surface area contributed by atoms with E-state index in [0.29, 0.717) is 12.3 Å². The maximum atomic E-state index is 10.5. The fourth-order valence-electron chi connectivity index (χ4n) is 1.90. The van der Waals surface area contributed by atoms with E-state index in [0.717, 1.165) is 11.4 Å². The first kappa shape index (κ1) is 12.9. The zero-order valence-electron chi connectivity index (χ0n) is 11.0. The lowest BCUT2D eigenvalue weighted by Crippen LogP contribution is -1.99. The molecule has 1 aromatic carbocycles. The topological polar surface area (TPSA) is 86.1 Å². The summed E-state index contributed by atoms with van der Waals surface area (Å²) in [5.41, 5.74) is 1.85. The third-order valence-corrected chi connectivity index (χ3v) is 2.93. The minimum Gasteiger partial charge on any atom is -0.404 e. The molecule has 3 aromatic rings. The lowest BCUT2D eigenvalue weighted by atomic mass is 10.3. The Kier molecular flexibility index (Phi) is 3.38. The van der Waals surface area contributed by atoms with Crippen LogP contribution in [0.25, 0.3) is 5.69 Å². The van der Waals surface area contributed by atoms with Crippen LogP contribution in [0.5, 0.6) is 0 Å². The quantitative estimate of drug-likeness (QED) is 0.575. The van der Waals surface area contributed by atoms with E-state index in [2.05, 4.69) is 10.4 Å². The SMILES string of the molecule is O=[N+]([O-])c1ccc(CNc2ccc(-n3cccn3)cc2)o1. The number of nitrogens with zero attached hydrogens (tertiary/aromatic N) is 3. The van der Waals surface area contributed by atoms with Crippen molar-refractivity contribution in [3.8, 4) is 5.69 Å². The van der Waals surface area contributed by atoms with Gasteiger partial charge in [0.25, 0.3) is 0 Å². The summed E-state index contributed by atoms with van der Waals surface area (Å²) in [5, 5.41) is 17.8. The molecule has 1 N–H and O–H groups in total. The van der Waals surface area contributed by atoms with Crippen LogP contribution in [-0.4, -0.2) is 14.7 Å². The predicted octanol–water partition coefficient (Wildman–Crippen LogP) is 2.99. The van der Waals surface area contributed by atoms with Gasteiger partial charge in [0.2, 0.25) is 0 Å². The third kappa shape index (κ3) is 2.92. The maximum absolute atomic E-state index is 10.5. The monoisotopic (exact) mass is 284 g/mol. The molecule has 21 heavy (non-hydrogen) atoms. The second-order valence-electron chi connectivity index (χ2n) is 4.35. The van der Waals surface area contributed by atoms with Crippen molar-refractivity contribution >= 4 is 11.6 Å². The Morgan fingerprint density at radius 2 is 2.05 bits per heavy atom. The molecule has 7 heteroatoms. The summed E-state index contributed by atoms with van der Waals surface area (Å²) in [5.74, 6) is 0.263. The highest BCUT2D eigenvalue weighted by Crippen LogP contribution is 2.18. The Morgan fingerprint density at radius 3 is 2.67 bits per heavy atom. The highest BCUT2D eigenvalue weighted by Gasteiger charge is 2.11. The van der Waals surface area contributed by atoms with Crippen LogP contribution in [0.4, 0.5) is 11.6 Å². The van der Waals surface area contributed by atoms with Crippen LogP contribution in [0.15, 0.2) is 59.3 Å². The lowest BCUT2D eigenvalue weighted by Gasteiger charge is -2.06. The van der Waals surface area contributed by atoms with Gasteiger partial charge in [-0.15, -0.1) is 0 Å². The van der Waals surface area contributed by atoms with Gasteiger partial charge < -0.3 is 9.73 Å². The Morgan fingerprint density at radius 1 is 1.24 bits per heavy atom. The van der Waals surface area contributed by atoms with E-state index in [9.17, 15) is 10.1 Å². The fourth-order valence-corrected chi connectivity index (χ4v) is 1.90. The molecular formula is C14H12N4O3. The van der Waals surface area contributed by atoms with Gasteiger partial charge in [-0.1, -0.05) is 0 Å². The molecule has 0 saturated carbocycles. The van der Waals surface area contributed by atoms with Gasteiger partial charge in [0.1, 0.15) is 10.7 Å². The van der Waals surface area contributed by atoms with Crippen molar-refractivity contribution in [3.05, 3.63) is 70.7 Å². The number of aromatic nitrogens is 2. The van der Waals surface area contributed by atoms with E-state index in [1.165, 1.54) is 6.07 Å². The molecule has 3 rings (SSSR count). The molecule has 0 atom stereocenters. The minimum atomic E-state index is -0.553. The number of furan rings is 1. The van der Waals surface area contributed by atoms with Gasteiger partial charge in [0, 0.05) is 18.1 Å². The van der Waals surface area contributed by atoms with Gasteiger partial charge in [-0.3, -0.25) is 10.1 Å². The summed E-state index contributed by atoms with van der Waals surface area (Å²) in [6.07, 6.45) is 3.58. The largest absolute Gasteiger partial charge is 0.433 e. The summed E-state index contributed by atoms with van der Waals surface area (Å²) in [6.45, 7) is 0.384. The van der Waals surface area contributed by atoms with Gasteiger partial charge in [0.15, 0.2) is 0 Å². The fraction of sp³-hybridized carbons (Fsp3) is 0.0714. The van der Waals surface area contributed by atoms with Crippen molar-refractivity contribution in [2.24, 2.45) is 0 Å². The van der Waals surface area contributed by atoms with Crippen LogP contribution in [0.2, 0.25) is 0 Å². The Bertz CT molecular complexity index is 732. The van der Waals surface area contributed by atoms with Crippen LogP contribution < -0.4 is 5.32 Å². The molecule has 0 unspecified atom stereocenters. The van der Waals surface area contributed by atoms with Crippen molar-refractivity contribution in [2.75, 3.05) is 5.32 Å². The van der Waals surface area contributed by atoms with Gasteiger partial charge in [-0.25, -0.2) is 4.68 Å². The number of nitro groups is 1. The molecule has 0 aliphatic rings. The summed E-state index contributed by atoms with van der Waals surface area (Å²) in [4.78, 5) is 9.97. The number of anilines is 1. The third-order valence-electron chi connectivity index (χ3n) is 2.93. The highest BCUT2D eigenvalue weighted by molar-refractivity contribution is 5.48. The summed E-state index contributed by atoms with van der Waals surface area (Å²) in [6, 6.07) is 12.5. The highest BCUT2D eigenvalue weighted by atomic mass is 16.6. The zero-order valence-corrected chi connectivity index (χ0v) is 11.0. The van der Waals surface area contributed by atoms with E-state index in [1.54, 1.807) is 16.9 Å². The molecular weight excluding hydrogens is 272 g/mol. The van der Waals surface area contributed by atoms with Crippen LogP contribution in [0, 0.1) is 10.1 Å². The second-order valence-corrected chi connectivity index (χ2v) is 4.35. The van der Waals surface area contributed by atoms with E-state index < -0.39 is 4.92 Å². The number of hydrogen-bond acceptors (Lipinski definition) is 5. The van der Waals surface area contributed by atoms with Crippen LogP contribution in [-0.2, 0) is 6.54 Å². The van der Waals surface area contributed by atoms with Crippen molar-refractivity contribution in [1.29, 1.82) is 0 Å². The van der Waals surface area contributed by atoms with E-state index in [1.807, 2.05) is 36.5 Å². The normalized spacial score (nSPS) is 10.5. The molecule has 0 spiro atoms. The van der Waals surface area contributed by atoms with Crippen LogP contribution in [0.3, 0.4) is 0 Å². The van der Waals surface area contributed by atoms with Gasteiger partial charge >= 0.3 is 5.88 Å². The first-order valence-corrected chi connectivity index (χ1v) is 6.29. The average molecular weight is 284 g/mol. The molecule has 0 radical (unpaired) electrons. The van der Waals surface area contributed by atoms with Crippen molar-refractivity contribution < 1.29 is 9.34 Å². The maximum Gasteiger partial charge on any atom is 0.433 e. The van der Waals surface area contributed by atoms with E-state index in [-0.39, 0.29) is 5.88 Å². The number of nitrogens with one attached hydrogen (secondary N) is 1. The first-order valence-electron chi connectivity index (χ1n) is 6.29. The van der Waals surface area contributed by atoms with Crippen molar-refractivity contribution in [1.82, 2.24) is 9.78 Å².